The Labute approximate surface area is 136 Å². The first-order valence-electron chi connectivity index (χ1n) is 5.89. The molecule has 0 unspecified atom stereocenters. The zero-order chi connectivity index (χ0) is 15.5. The van der Waals surface area contributed by atoms with Crippen LogP contribution in [-0.4, -0.2) is 21.5 Å². The molecule has 2 aromatic carbocycles. The molecule has 110 valence electrons. The summed E-state index contributed by atoms with van der Waals surface area (Å²) < 4.78 is 32.6. The van der Waals surface area contributed by atoms with Crippen LogP contribution in [0.1, 0.15) is 10.4 Å². The monoisotopic (exact) mass is 417 g/mol. The summed E-state index contributed by atoms with van der Waals surface area (Å²) in [5.74, 6) is -0.582. The highest BCUT2D eigenvalue weighted by Crippen LogP contribution is 2.18. The number of carbonyl (C=O) groups is 1. The number of halogens is 1. The van der Waals surface area contributed by atoms with E-state index in [4.69, 9.17) is 0 Å². The summed E-state index contributed by atoms with van der Waals surface area (Å²) in [4.78, 5) is 11.5. The van der Waals surface area contributed by atoms with Crippen LogP contribution >= 0.6 is 22.6 Å². The average Bonchev–Trinajstić information content (AvgIpc) is 2.49. The summed E-state index contributed by atoms with van der Waals surface area (Å²) in [6.07, 6.45) is 0. The van der Waals surface area contributed by atoms with E-state index in [0.717, 1.165) is 3.57 Å². The predicted octanol–water partition coefficient (Wildman–Crippen LogP) is 2.88. The first-order chi connectivity index (χ1) is 9.92. The summed E-state index contributed by atoms with van der Waals surface area (Å²) in [6.45, 7) is 0. The van der Waals surface area contributed by atoms with Crippen LogP contribution in [0.25, 0.3) is 0 Å². The van der Waals surface area contributed by atoms with Crippen LogP contribution in [0.15, 0.2) is 53.4 Å². The minimum atomic E-state index is -3.75. The van der Waals surface area contributed by atoms with Crippen molar-refractivity contribution in [2.24, 2.45) is 0 Å². The molecular formula is C14H12INO4S. The normalized spacial score (nSPS) is 11.0. The van der Waals surface area contributed by atoms with E-state index in [1.807, 2.05) is 0 Å². The molecule has 0 amide bonds. The van der Waals surface area contributed by atoms with Gasteiger partial charge in [0, 0.05) is 9.26 Å². The lowest BCUT2D eigenvalue weighted by molar-refractivity contribution is 0.0600. The van der Waals surface area contributed by atoms with Gasteiger partial charge in [-0.25, -0.2) is 13.2 Å². The Hall–Kier alpha value is -1.61. The molecule has 0 saturated carbocycles. The van der Waals surface area contributed by atoms with E-state index < -0.39 is 16.0 Å². The average molecular weight is 417 g/mol. The van der Waals surface area contributed by atoms with Crippen LogP contribution in [0.3, 0.4) is 0 Å². The lowest BCUT2D eigenvalue weighted by atomic mass is 10.2. The number of sulfonamides is 1. The van der Waals surface area contributed by atoms with Gasteiger partial charge in [-0.05, 0) is 65.1 Å². The number of hydrogen-bond donors (Lipinski definition) is 1. The molecule has 0 spiro atoms. The first kappa shape index (κ1) is 15.8. The summed E-state index contributed by atoms with van der Waals surface area (Å²) in [5.41, 5.74) is 0.641. The van der Waals surface area contributed by atoms with Crippen molar-refractivity contribution >= 4 is 44.3 Å². The Kier molecular flexibility index (Phi) is 4.84. The van der Waals surface area contributed by atoms with Crippen molar-refractivity contribution in [3.8, 4) is 0 Å². The van der Waals surface area contributed by atoms with Gasteiger partial charge in [0.25, 0.3) is 10.0 Å². The molecule has 0 radical (unpaired) electrons. The Morgan fingerprint density at radius 2 is 1.81 bits per heavy atom. The van der Waals surface area contributed by atoms with E-state index in [-0.39, 0.29) is 10.5 Å². The van der Waals surface area contributed by atoms with Gasteiger partial charge in [0.05, 0.1) is 17.6 Å². The summed E-state index contributed by atoms with van der Waals surface area (Å²) in [7, 11) is -2.51. The predicted molar refractivity (Wildman–Crippen MR) is 87.7 cm³/mol. The summed E-state index contributed by atoms with van der Waals surface area (Å²) in [5, 5.41) is 0. The number of ether oxygens (including phenoxy) is 1. The molecule has 2 rings (SSSR count). The maximum atomic E-state index is 12.3. The van der Waals surface area contributed by atoms with Gasteiger partial charge in [-0.3, -0.25) is 4.72 Å². The van der Waals surface area contributed by atoms with E-state index in [2.05, 4.69) is 32.0 Å². The highest BCUT2D eigenvalue weighted by molar-refractivity contribution is 14.1. The number of methoxy groups -OCH3 is 1. The minimum absolute atomic E-state index is 0.00366. The van der Waals surface area contributed by atoms with Crippen molar-refractivity contribution in [1.82, 2.24) is 0 Å². The number of benzene rings is 2. The molecule has 0 bridgehead atoms. The smallest absolute Gasteiger partial charge is 0.337 e. The molecule has 0 aromatic heterocycles. The number of hydrogen-bond acceptors (Lipinski definition) is 4. The van der Waals surface area contributed by atoms with Gasteiger partial charge in [0.1, 0.15) is 0 Å². The van der Waals surface area contributed by atoms with Crippen molar-refractivity contribution in [1.29, 1.82) is 0 Å². The van der Waals surface area contributed by atoms with Crippen molar-refractivity contribution in [3.63, 3.8) is 0 Å². The molecule has 1 N–H and O–H groups in total. The van der Waals surface area contributed by atoms with E-state index in [9.17, 15) is 13.2 Å². The Morgan fingerprint density at radius 3 is 2.43 bits per heavy atom. The molecule has 0 aliphatic rings. The van der Waals surface area contributed by atoms with Crippen LogP contribution in [-0.2, 0) is 14.8 Å². The van der Waals surface area contributed by atoms with E-state index >= 15 is 0 Å². The standard InChI is InChI=1S/C14H12INO4S/c1-20-14(17)10-3-2-4-13(9-10)21(18,19)16-12-7-5-11(15)6-8-12/h2-9,16H,1H3. The molecule has 0 atom stereocenters. The minimum Gasteiger partial charge on any atom is -0.465 e. The second-order valence-electron chi connectivity index (χ2n) is 4.13. The molecule has 0 aliphatic carbocycles. The maximum Gasteiger partial charge on any atom is 0.337 e. The zero-order valence-corrected chi connectivity index (χ0v) is 14.0. The third kappa shape index (κ3) is 3.94. The maximum absolute atomic E-state index is 12.3. The van der Waals surface area contributed by atoms with Gasteiger partial charge in [-0.2, -0.15) is 0 Å². The molecule has 7 heteroatoms. The van der Waals surface area contributed by atoms with Crippen LogP contribution in [0.4, 0.5) is 5.69 Å². The summed E-state index contributed by atoms with van der Waals surface area (Å²) >= 11 is 2.13. The first-order valence-corrected chi connectivity index (χ1v) is 8.45. The van der Waals surface area contributed by atoms with Crippen LogP contribution < -0.4 is 4.72 Å². The van der Waals surface area contributed by atoms with Gasteiger partial charge in [0.15, 0.2) is 0 Å². The van der Waals surface area contributed by atoms with Crippen molar-refractivity contribution in [2.45, 2.75) is 4.90 Å². The number of anilines is 1. The molecule has 0 heterocycles. The number of esters is 1. The molecule has 0 saturated heterocycles. The fourth-order valence-corrected chi connectivity index (χ4v) is 3.10. The Bertz CT molecular complexity index is 757. The highest BCUT2D eigenvalue weighted by Gasteiger charge is 2.16. The molecule has 5 nitrogen and oxygen atoms in total. The Morgan fingerprint density at radius 1 is 1.14 bits per heavy atom. The summed E-state index contributed by atoms with van der Waals surface area (Å²) in [6, 6.07) is 12.6. The van der Waals surface area contributed by atoms with Crippen LogP contribution in [0.5, 0.6) is 0 Å². The second kappa shape index (κ2) is 6.44. The van der Waals surface area contributed by atoms with E-state index in [1.165, 1.54) is 31.4 Å². The third-order valence-electron chi connectivity index (χ3n) is 2.66. The molecule has 2 aromatic rings. The highest BCUT2D eigenvalue weighted by atomic mass is 127. The number of nitrogens with one attached hydrogen (secondary N) is 1. The quantitative estimate of drug-likeness (QED) is 0.614. The fourth-order valence-electron chi connectivity index (χ4n) is 1.64. The lowest BCUT2D eigenvalue weighted by Crippen LogP contribution is -2.14. The fraction of sp³-hybridized carbons (Fsp3) is 0.0714. The lowest BCUT2D eigenvalue weighted by Gasteiger charge is -2.09. The molecule has 0 fully saturated rings. The molecule has 0 aliphatic heterocycles. The topological polar surface area (TPSA) is 72.5 Å². The molecule has 21 heavy (non-hydrogen) atoms. The van der Waals surface area contributed by atoms with Crippen molar-refractivity contribution < 1.29 is 17.9 Å². The zero-order valence-electron chi connectivity index (χ0n) is 11.0. The largest absolute Gasteiger partial charge is 0.465 e. The molecular weight excluding hydrogens is 405 g/mol. The van der Waals surface area contributed by atoms with Crippen LogP contribution in [0.2, 0.25) is 0 Å². The third-order valence-corrected chi connectivity index (χ3v) is 4.76. The van der Waals surface area contributed by atoms with Gasteiger partial charge in [-0.15, -0.1) is 0 Å². The van der Waals surface area contributed by atoms with Crippen molar-refractivity contribution in [2.75, 3.05) is 11.8 Å². The number of carbonyl (C=O) groups excluding carboxylic acids is 1. The van der Waals surface area contributed by atoms with Crippen molar-refractivity contribution in [3.05, 3.63) is 57.7 Å². The van der Waals surface area contributed by atoms with Crippen LogP contribution in [0, 0.1) is 3.57 Å². The SMILES string of the molecule is COC(=O)c1cccc(S(=O)(=O)Nc2ccc(I)cc2)c1. The van der Waals surface area contributed by atoms with Gasteiger partial charge in [0.2, 0.25) is 0 Å². The second-order valence-corrected chi connectivity index (χ2v) is 7.06. The Balaban J connectivity index is 2.31. The van der Waals surface area contributed by atoms with E-state index in [0.29, 0.717) is 5.69 Å². The van der Waals surface area contributed by atoms with Gasteiger partial charge < -0.3 is 4.74 Å². The van der Waals surface area contributed by atoms with Gasteiger partial charge >= 0.3 is 5.97 Å². The number of rotatable bonds is 4. The van der Waals surface area contributed by atoms with Gasteiger partial charge in [-0.1, -0.05) is 6.07 Å². The van der Waals surface area contributed by atoms with E-state index in [1.54, 1.807) is 24.3 Å².